The third-order valence-electron chi connectivity index (χ3n) is 6.05. The highest BCUT2D eigenvalue weighted by Crippen LogP contribution is 2.34. The zero-order valence-corrected chi connectivity index (χ0v) is 18.6. The van der Waals surface area contributed by atoms with Crippen LogP contribution in [0.4, 0.5) is 20.2 Å². The van der Waals surface area contributed by atoms with Gasteiger partial charge in [0.1, 0.15) is 17.3 Å². The quantitative estimate of drug-likeness (QED) is 0.436. The van der Waals surface area contributed by atoms with Crippen molar-refractivity contribution in [3.8, 4) is 0 Å². The topological polar surface area (TPSA) is 78.7 Å². The first-order valence-corrected chi connectivity index (χ1v) is 10.9. The van der Waals surface area contributed by atoms with Gasteiger partial charge in [0.15, 0.2) is 0 Å². The van der Waals surface area contributed by atoms with Gasteiger partial charge in [-0.25, -0.2) is 8.78 Å². The number of hydrogen-bond acceptors (Lipinski definition) is 5. The highest BCUT2D eigenvalue weighted by molar-refractivity contribution is 5.95. The number of piperazine rings is 1. The van der Waals surface area contributed by atoms with Crippen LogP contribution < -0.4 is 10.2 Å². The van der Waals surface area contributed by atoms with Gasteiger partial charge < -0.3 is 10.2 Å². The number of nitro groups is 1. The van der Waals surface area contributed by atoms with Gasteiger partial charge in [-0.05, 0) is 47.5 Å². The largest absolute Gasteiger partial charge is 0.363 e. The number of hydrogen-bond donors (Lipinski definition) is 1. The highest BCUT2D eigenvalue weighted by atomic mass is 19.1. The number of carbonyl (C=O) groups excluding carboxylic acids is 1. The minimum absolute atomic E-state index is 0.122. The molecule has 3 aromatic carbocycles. The van der Waals surface area contributed by atoms with Crippen molar-refractivity contribution in [1.82, 2.24) is 10.2 Å². The van der Waals surface area contributed by atoms with Crippen LogP contribution in [-0.2, 0) is 0 Å². The maximum Gasteiger partial charge on any atom is 0.293 e. The molecule has 0 radical (unpaired) electrons. The van der Waals surface area contributed by atoms with Crippen molar-refractivity contribution in [3.63, 3.8) is 0 Å². The second kappa shape index (κ2) is 9.96. The van der Waals surface area contributed by atoms with Crippen molar-refractivity contribution in [2.75, 3.05) is 38.1 Å². The third kappa shape index (κ3) is 4.89. The predicted molar refractivity (Wildman–Crippen MR) is 125 cm³/mol. The first-order chi connectivity index (χ1) is 16.4. The van der Waals surface area contributed by atoms with Gasteiger partial charge >= 0.3 is 0 Å². The molecule has 34 heavy (non-hydrogen) atoms. The van der Waals surface area contributed by atoms with Crippen molar-refractivity contribution in [2.24, 2.45) is 0 Å². The summed E-state index contributed by atoms with van der Waals surface area (Å²) in [7, 11) is 1.47. The standard InChI is InChI=1S/C25H24F2N4O3/c1-28-25(32)19-6-11-22(23(16-19)31(33)34)29-12-14-30(15-13-29)24(17-2-7-20(26)8-3-17)18-4-9-21(27)10-5-18/h2-11,16,24H,12-15H2,1H3,(H,28,32). The van der Waals surface area contributed by atoms with Crippen LogP contribution in [0.2, 0.25) is 0 Å². The van der Waals surface area contributed by atoms with Crippen LogP contribution in [0, 0.1) is 21.7 Å². The summed E-state index contributed by atoms with van der Waals surface area (Å²) in [5, 5.41) is 14.2. The molecule has 7 nitrogen and oxygen atoms in total. The van der Waals surface area contributed by atoms with Gasteiger partial charge in [-0.1, -0.05) is 24.3 Å². The van der Waals surface area contributed by atoms with Crippen LogP contribution in [0.1, 0.15) is 27.5 Å². The van der Waals surface area contributed by atoms with E-state index < -0.39 is 4.92 Å². The summed E-state index contributed by atoms with van der Waals surface area (Å²) in [6.45, 7) is 2.18. The summed E-state index contributed by atoms with van der Waals surface area (Å²) in [5.74, 6) is -1.06. The number of rotatable bonds is 6. The molecule has 1 aliphatic heterocycles. The number of nitrogens with one attached hydrogen (secondary N) is 1. The average Bonchev–Trinajstić information content (AvgIpc) is 2.86. The van der Waals surface area contributed by atoms with Crippen LogP contribution in [0.5, 0.6) is 0 Å². The van der Waals surface area contributed by atoms with Gasteiger partial charge in [-0.2, -0.15) is 0 Å². The number of amides is 1. The van der Waals surface area contributed by atoms with E-state index >= 15 is 0 Å². The molecule has 4 rings (SSSR count). The van der Waals surface area contributed by atoms with Gasteiger partial charge in [-0.15, -0.1) is 0 Å². The summed E-state index contributed by atoms with van der Waals surface area (Å²) in [6, 6.07) is 16.8. The molecule has 176 valence electrons. The number of carbonyl (C=O) groups is 1. The molecule has 0 spiro atoms. The number of halogens is 2. The van der Waals surface area contributed by atoms with Crippen LogP contribution in [0.25, 0.3) is 0 Å². The van der Waals surface area contributed by atoms with Crippen molar-refractivity contribution >= 4 is 17.3 Å². The molecule has 3 aromatic rings. The molecular formula is C25H24F2N4O3. The van der Waals surface area contributed by atoms with Crippen LogP contribution in [0.15, 0.2) is 66.7 Å². The number of nitrogens with zero attached hydrogens (tertiary/aromatic N) is 3. The average molecular weight is 466 g/mol. The fourth-order valence-electron chi connectivity index (χ4n) is 4.35. The van der Waals surface area contributed by atoms with Crippen molar-refractivity contribution in [3.05, 3.63) is 105 Å². The van der Waals surface area contributed by atoms with Crippen LogP contribution >= 0.6 is 0 Å². The van der Waals surface area contributed by atoms with Crippen molar-refractivity contribution < 1.29 is 18.5 Å². The van der Waals surface area contributed by atoms with Gasteiger partial charge in [0, 0.05) is 44.9 Å². The molecule has 1 N–H and O–H groups in total. The molecule has 1 aliphatic rings. The molecule has 0 saturated carbocycles. The molecular weight excluding hydrogens is 442 g/mol. The van der Waals surface area contributed by atoms with E-state index in [1.54, 1.807) is 36.4 Å². The minimum atomic E-state index is -0.478. The van der Waals surface area contributed by atoms with Gasteiger partial charge in [0.2, 0.25) is 0 Å². The van der Waals surface area contributed by atoms with E-state index in [1.165, 1.54) is 37.4 Å². The highest BCUT2D eigenvalue weighted by Gasteiger charge is 2.29. The monoisotopic (exact) mass is 466 g/mol. The lowest BCUT2D eigenvalue weighted by molar-refractivity contribution is -0.384. The molecule has 9 heteroatoms. The molecule has 0 bridgehead atoms. The maximum atomic E-state index is 13.5. The lowest BCUT2D eigenvalue weighted by atomic mass is 9.96. The Morgan fingerprint density at radius 3 is 1.91 bits per heavy atom. The fraction of sp³-hybridized carbons (Fsp3) is 0.240. The zero-order valence-electron chi connectivity index (χ0n) is 18.6. The minimum Gasteiger partial charge on any atom is -0.363 e. The molecule has 0 unspecified atom stereocenters. The Morgan fingerprint density at radius 1 is 0.912 bits per heavy atom. The van der Waals surface area contributed by atoms with Crippen LogP contribution in [0.3, 0.4) is 0 Å². The molecule has 1 fully saturated rings. The number of anilines is 1. The summed E-state index contributed by atoms with van der Waals surface area (Å²) in [5.41, 5.74) is 2.31. The molecule has 0 aliphatic carbocycles. The molecule has 1 amide bonds. The van der Waals surface area contributed by atoms with E-state index in [0.717, 1.165) is 11.1 Å². The first-order valence-electron chi connectivity index (χ1n) is 10.9. The Bertz CT molecular complexity index is 1130. The van der Waals surface area contributed by atoms with Gasteiger partial charge in [0.05, 0.1) is 11.0 Å². The van der Waals surface area contributed by atoms with E-state index in [2.05, 4.69) is 10.2 Å². The Morgan fingerprint density at radius 2 is 1.44 bits per heavy atom. The lowest BCUT2D eigenvalue weighted by Gasteiger charge is -2.40. The second-order valence-electron chi connectivity index (χ2n) is 8.07. The summed E-state index contributed by atoms with van der Waals surface area (Å²) in [6.07, 6.45) is 0. The van der Waals surface area contributed by atoms with E-state index in [4.69, 9.17) is 0 Å². The van der Waals surface area contributed by atoms with Crippen LogP contribution in [-0.4, -0.2) is 49.0 Å². The second-order valence-corrected chi connectivity index (χ2v) is 8.07. The van der Waals surface area contributed by atoms with Crippen molar-refractivity contribution in [1.29, 1.82) is 0 Å². The van der Waals surface area contributed by atoms with Gasteiger partial charge in [0.25, 0.3) is 11.6 Å². The maximum absolute atomic E-state index is 13.5. The lowest BCUT2D eigenvalue weighted by Crippen LogP contribution is -2.48. The molecule has 1 saturated heterocycles. The Labute approximate surface area is 195 Å². The fourth-order valence-corrected chi connectivity index (χ4v) is 4.35. The first kappa shape index (κ1) is 23.3. The molecule has 1 heterocycles. The SMILES string of the molecule is CNC(=O)c1ccc(N2CCN(C(c3ccc(F)cc3)c3ccc(F)cc3)CC2)c([N+](=O)[O-])c1. The summed E-state index contributed by atoms with van der Waals surface area (Å²) in [4.78, 5) is 27.2. The smallest absolute Gasteiger partial charge is 0.293 e. The normalized spacial score (nSPS) is 14.3. The third-order valence-corrected chi connectivity index (χ3v) is 6.05. The Kier molecular flexibility index (Phi) is 6.83. The Hall–Kier alpha value is -3.85. The summed E-state index contributed by atoms with van der Waals surface area (Å²) >= 11 is 0. The number of nitro benzene ring substituents is 1. The predicted octanol–water partition coefficient (Wildman–Crippen LogP) is 4.14. The summed E-state index contributed by atoms with van der Waals surface area (Å²) < 4.78 is 27.1. The van der Waals surface area contributed by atoms with E-state index in [1.807, 2.05) is 4.90 Å². The zero-order chi connectivity index (χ0) is 24.2. The Balaban J connectivity index is 1.58. The van der Waals surface area contributed by atoms with E-state index in [-0.39, 0.29) is 34.8 Å². The van der Waals surface area contributed by atoms with Gasteiger partial charge in [-0.3, -0.25) is 19.8 Å². The molecule has 0 aromatic heterocycles. The van der Waals surface area contributed by atoms with Crippen molar-refractivity contribution in [2.45, 2.75) is 6.04 Å². The molecule has 0 atom stereocenters. The van der Waals surface area contributed by atoms with E-state index in [9.17, 15) is 23.7 Å². The number of benzene rings is 3. The van der Waals surface area contributed by atoms with E-state index in [0.29, 0.717) is 31.9 Å².